The Kier molecular flexibility index (Phi) is 3.41. The average Bonchev–Trinajstić information content (AvgIpc) is 3.38. The lowest BCUT2D eigenvalue weighted by atomic mass is 9.96. The van der Waals surface area contributed by atoms with Crippen LogP contribution in [0.2, 0.25) is 0 Å². The molecule has 0 aromatic carbocycles. The highest BCUT2D eigenvalue weighted by atomic mass is 16.2. The van der Waals surface area contributed by atoms with Crippen LogP contribution in [0.15, 0.2) is 30.7 Å². The second-order valence-electron chi connectivity index (χ2n) is 6.30. The van der Waals surface area contributed by atoms with Crippen molar-refractivity contribution in [2.75, 3.05) is 18.0 Å². The van der Waals surface area contributed by atoms with Crippen molar-refractivity contribution in [2.45, 2.75) is 31.7 Å². The third-order valence-corrected chi connectivity index (χ3v) is 4.55. The van der Waals surface area contributed by atoms with Gasteiger partial charge >= 0.3 is 0 Å². The predicted molar refractivity (Wildman–Crippen MR) is 85.6 cm³/mol. The predicted octanol–water partition coefficient (Wildman–Crippen LogP) is 2.12. The van der Waals surface area contributed by atoms with Gasteiger partial charge in [-0.3, -0.25) is 14.8 Å². The number of hydrogen-bond donors (Lipinski definition) is 1. The van der Waals surface area contributed by atoms with Crippen LogP contribution in [0.4, 0.5) is 5.69 Å². The molecule has 5 nitrogen and oxygen atoms in total. The number of pyridine rings is 2. The van der Waals surface area contributed by atoms with Crippen LogP contribution in [0.1, 0.15) is 25.7 Å². The Morgan fingerprint density at radius 1 is 1.27 bits per heavy atom. The van der Waals surface area contributed by atoms with Crippen molar-refractivity contribution in [1.82, 2.24) is 15.3 Å². The van der Waals surface area contributed by atoms with E-state index in [4.69, 9.17) is 0 Å². The van der Waals surface area contributed by atoms with Crippen molar-refractivity contribution >= 4 is 22.5 Å². The van der Waals surface area contributed by atoms with Crippen LogP contribution in [-0.4, -0.2) is 35.0 Å². The minimum Gasteiger partial charge on any atom is -0.368 e. The van der Waals surface area contributed by atoms with Crippen LogP contribution < -0.4 is 10.2 Å². The Balaban J connectivity index is 1.57. The molecule has 1 amide bonds. The second kappa shape index (κ2) is 5.55. The van der Waals surface area contributed by atoms with Crippen molar-refractivity contribution in [2.24, 2.45) is 5.92 Å². The summed E-state index contributed by atoms with van der Waals surface area (Å²) in [5.74, 6) is 0.293. The van der Waals surface area contributed by atoms with Crippen LogP contribution in [0.5, 0.6) is 0 Å². The number of piperidine rings is 1. The summed E-state index contributed by atoms with van der Waals surface area (Å²) in [6, 6.07) is 4.39. The average molecular weight is 296 g/mol. The Morgan fingerprint density at radius 2 is 2.18 bits per heavy atom. The highest BCUT2D eigenvalue weighted by Gasteiger charge is 2.31. The first-order chi connectivity index (χ1) is 10.8. The first-order valence-corrected chi connectivity index (χ1v) is 8.05. The van der Waals surface area contributed by atoms with E-state index in [1.54, 1.807) is 0 Å². The molecule has 2 aromatic rings. The molecule has 0 bridgehead atoms. The molecular formula is C17H20N4O. The van der Waals surface area contributed by atoms with Crippen LogP contribution in [0.3, 0.4) is 0 Å². The van der Waals surface area contributed by atoms with Gasteiger partial charge in [-0.15, -0.1) is 0 Å². The minimum atomic E-state index is 0.0771. The minimum absolute atomic E-state index is 0.0771. The van der Waals surface area contributed by atoms with Gasteiger partial charge in [0.2, 0.25) is 5.91 Å². The van der Waals surface area contributed by atoms with Gasteiger partial charge in [-0.1, -0.05) is 0 Å². The summed E-state index contributed by atoms with van der Waals surface area (Å²) < 4.78 is 0. The van der Waals surface area contributed by atoms with Crippen LogP contribution in [-0.2, 0) is 4.79 Å². The van der Waals surface area contributed by atoms with Crippen LogP contribution in [0, 0.1) is 5.92 Å². The molecule has 2 aliphatic rings. The number of carbonyl (C=O) groups excluding carboxylic acids is 1. The van der Waals surface area contributed by atoms with Gasteiger partial charge in [0.1, 0.15) is 0 Å². The van der Waals surface area contributed by atoms with E-state index in [0.717, 1.165) is 55.4 Å². The third-order valence-electron chi connectivity index (χ3n) is 4.55. The lowest BCUT2D eigenvalue weighted by Crippen LogP contribution is -2.43. The van der Waals surface area contributed by atoms with Gasteiger partial charge in [-0.25, -0.2) is 0 Å². The fraction of sp³-hybridized carbons (Fsp3) is 0.471. The summed E-state index contributed by atoms with van der Waals surface area (Å²) in [6.45, 7) is 1.72. The molecule has 1 saturated carbocycles. The van der Waals surface area contributed by atoms with Gasteiger partial charge < -0.3 is 10.2 Å². The monoisotopic (exact) mass is 296 g/mol. The molecule has 1 saturated heterocycles. The van der Waals surface area contributed by atoms with Crippen molar-refractivity contribution in [3.63, 3.8) is 0 Å². The molecule has 114 valence electrons. The molecule has 1 atom stereocenters. The summed E-state index contributed by atoms with van der Waals surface area (Å²) in [4.78, 5) is 23.4. The normalized spacial score (nSPS) is 21.8. The van der Waals surface area contributed by atoms with Crippen molar-refractivity contribution in [1.29, 1.82) is 0 Å². The summed E-state index contributed by atoms with van der Waals surface area (Å²) in [7, 11) is 0. The Morgan fingerprint density at radius 3 is 3.05 bits per heavy atom. The van der Waals surface area contributed by atoms with Gasteiger partial charge in [0.05, 0.1) is 23.3 Å². The van der Waals surface area contributed by atoms with Gasteiger partial charge in [0.15, 0.2) is 0 Å². The number of amides is 1. The number of nitrogens with zero attached hydrogens (tertiary/aromatic N) is 3. The molecule has 2 aromatic heterocycles. The molecule has 1 aliphatic carbocycles. The third kappa shape index (κ3) is 2.63. The van der Waals surface area contributed by atoms with Crippen molar-refractivity contribution in [3.05, 3.63) is 30.7 Å². The standard InChI is InChI=1S/C17H20N4O/c22-17(20-14-5-6-14)13-4-2-8-21(11-13)15-10-18-9-12-3-1-7-19-16(12)15/h1,3,7,9-10,13-14H,2,4-6,8,11H2,(H,20,22). The molecule has 2 fully saturated rings. The number of rotatable bonds is 3. The fourth-order valence-electron chi connectivity index (χ4n) is 3.17. The fourth-order valence-corrected chi connectivity index (χ4v) is 3.17. The molecule has 1 aliphatic heterocycles. The SMILES string of the molecule is O=C(NC1CC1)C1CCCN(c2cncc3cccnc23)C1. The number of anilines is 1. The second-order valence-corrected chi connectivity index (χ2v) is 6.30. The smallest absolute Gasteiger partial charge is 0.225 e. The largest absolute Gasteiger partial charge is 0.368 e. The first kappa shape index (κ1) is 13.5. The zero-order valence-corrected chi connectivity index (χ0v) is 12.5. The zero-order valence-electron chi connectivity index (χ0n) is 12.5. The molecule has 0 spiro atoms. The van der Waals surface area contributed by atoms with Gasteiger partial charge in [0.25, 0.3) is 0 Å². The van der Waals surface area contributed by atoms with Gasteiger partial charge in [-0.2, -0.15) is 0 Å². The highest BCUT2D eigenvalue weighted by Crippen LogP contribution is 2.28. The van der Waals surface area contributed by atoms with E-state index in [1.807, 2.05) is 30.7 Å². The first-order valence-electron chi connectivity index (χ1n) is 8.05. The number of nitrogens with one attached hydrogen (secondary N) is 1. The molecule has 1 unspecified atom stereocenters. The lowest BCUT2D eigenvalue weighted by molar-refractivity contribution is -0.125. The maximum Gasteiger partial charge on any atom is 0.225 e. The summed E-state index contributed by atoms with van der Waals surface area (Å²) in [5.41, 5.74) is 2.02. The van der Waals surface area contributed by atoms with Crippen molar-refractivity contribution < 1.29 is 4.79 Å². The number of carbonyl (C=O) groups is 1. The van der Waals surface area contributed by atoms with Crippen LogP contribution >= 0.6 is 0 Å². The number of fused-ring (bicyclic) bond motifs is 1. The van der Waals surface area contributed by atoms with Crippen molar-refractivity contribution in [3.8, 4) is 0 Å². The van der Waals surface area contributed by atoms with E-state index >= 15 is 0 Å². The Labute approximate surface area is 129 Å². The summed E-state index contributed by atoms with van der Waals surface area (Å²) in [6.07, 6.45) is 9.81. The number of aromatic nitrogens is 2. The molecule has 22 heavy (non-hydrogen) atoms. The van der Waals surface area contributed by atoms with E-state index in [0.29, 0.717) is 6.04 Å². The Hall–Kier alpha value is -2.17. The molecule has 4 rings (SSSR count). The maximum absolute atomic E-state index is 12.3. The zero-order chi connectivity index (χ0) is 14.9. The lowest BCUT2D eigenvalue weighted by Gasteiger charge is -2.33. The number of hydrogen-bond acceptors (Lipinski definition) is 4. The van der Waals surface area contributed by atoms with E-state index in [1.165, 1.54) is 0 Å². The summed E-state index contributed by atoms with van der Waals surface area (Å²) >= 11 is 0. The maximum atomic E-state index is 12.3. The highest BCUT2D eigenvalue weighted by molar-refractivity contribution is 5.90. The molecular weight excluding hydrogens is 276 g/mol. The van der Waals surface area contributed by atoms with Gasteiger partial charge in [-0.05, 0) is 37.8 Å². The summed E-state index contributed by atoms with van der Waals surface area (Å²) in [5, 5.41) is 4.18. The molecule has 0 radical (unpaired) electrons. The topological polar surface area (TPSA) is 58.1 Å². The quantitative estimate of drug-likeness (QED) is 0.942. The van der Waals surface area contributed by atoms with E-state index in [-0.39, 0.29) is 11.8 Å². The van der Waals surface area contributed by atoms with Crippen LogP contribution in [0.25, 0.3) is 10.9 Å². The Bertz CT molecular complexity index is 693. The van der Waals surface area contributed by atoms with E-state index < -0.39 is 0 Å². The molecule has 3 heterocycles. The molecule has 5 heteroatoms. The van der Waals surface area contributed by atoms with Gasteiger partial charge in [0, 0.05) is 36.9 Å². The van der Waals surface area contributed by atoms with E-state index in [2.05, 4.69) is 20.2 Å². The van der Waals surface area contributed by atoms with E-state index in [9.17, 15) is 4.79 Å². The molecule has 1 N–H and O–H groups in total.